The number of rotatable bonds is 7. The molecule has 1 atom stereocenters. The van der Waals surface area contributed by atoms with Gasteiger partial charge in [-0.1, -0.05) is 12.1 Å². The number of nitrogens with zero attached hydrogens (tertiary/aromatic N) is 4. The smallest absolute Gasteiger partial charge is 0.384 e. The third-order valence-corrected chi connectivity index (χ3v) is 6.37. The minimum atomic E-state index is -0.741. The van der Waals surface area contributed by atoms with Crippen molar-refractivity contribution in [1.82, 2.24) is 24.9 Å². The molecular weight excluding hydrogens is 445 g/mol. The summed E-state index contributed by atoms with van der Waals surface area (Å²) in [5, 5.41) is 6.91. The van der Waals surface area contributed by atoms with E-state index in [0.29, 0.717) is 31.5 Å². The summed E-state index contributed by atoms with van der Waals surface area (Å²) in [6.45, 7) is 4.57. The van der Waals surface area contributed by atoms with Gasteiger partial charge in [-0.05, 0) is 38.3 Å². The zero-order valence-electron chi connectivity index (χ0n) is 19.5. The number of benzene rings is 1. The first-order chi connectivity index (χ1) is 16.1. The number of aromatic nitrogens is 2. The van der Waals surface area contributed by atoms with Gasteiger partial charge in [0.1, 0.15) is 11.9 Å². The molecule has 4 rings (SSSR count). The van der Waals surface area contributed by atoms with Crippen molar-refractivity contribution in [3.8, 4) is 0 Å². The van der Waals surface area contributed by atoms with E-state index in [1.807, 2.05) is 19.9 Å². The quantitative estimate of drug-likeness (QED) is 0.596. The molecule has 10 nitrogen and oxygen atoms in total. The van der Waals surface area contributed by atoms with Crippen molar-refractivity contribution in [3.63, 3.8) is 0 Å². The first-order valence-electron chi connectivity index (χ1n) is 11.2. The van der Waals surface area contributed by atoms with Crippen molar-refractivity contribution in [2.45, 2.75) is 57.8 Å². The summed E-state index contributed by atoms with van der Waals surface area (Å²) in [6.07, 6.45) is 1.23. The Hall–Kier alpha value is -3.34. The second-order valence-electron chi connectivity index (χ2n) is 9.45. The Balaban J connectivity index is 1.32. The maximum atomic E-state index is 14.0. The van der Waals surface area contributed by atoms with E-state index in [2.05, 4.69) is 10.4 Å². The monoisotopic (exact) mass is 473 g/mol. The standard InChI is InChI=1S/C23H28FN5O5/c1-23(2,10-18(30)28-12-14-6-4-7-16(24)15(14)13-28)25-11-19(31)29-9-5-8-17(29)20(32)21-26-27(3)22(33)34-21/h4,6-7,17,25H,5,8-13H2,1-3H3/t17-/m0/s1. The van der Waals surface area contributed by atoms with Gasteiger partial charge < -0.3 is 19.5 Å². The molecule has 0 aliphatic carbocycles. The molecule has 2 aliphatic heterocycles. The number of aryl methyl sites for hydroxylation is 1. The largest absolute Gasteiger partial charge is 0.437 e. The number of hydrogen-bond acceptors (Lipinski definition) is 7. The van der Waals surface area contributed by atoms with E-state index in [1.165, 1.54) is 18.0 Å². The number of nitrogens with one attached hydrogen (secondary N) is 1. The summed E-state index contributed by atoms with van der Waals surface area (Å²) in [7, 11) is 1.38. The summed E-state index contributed by atoms with van der Waals surface area (Å²) in [6, 6.07) is 4.10. The van der Waals surface area contributed by atoms with E-state index in [9.17, 15) is 23.6 Å². The Morgan fingerprint density at radius 3 is 2.68 bits per heavy atom. The molecule has 0 saturated carbocycles. The highest BCUT2D eigenvalue weighted by molar-refractivity contribution is 5.98. The first kappa shape index (κ1) is 23.8. The van der Waals surface area contributed by atoms with Crippen molar-refractivity contribution < 1.29 is 23.2 Å². The Labute approximate surface area is 195 Å². The van der Waals surface area contributed by atoms with Crippen LogP contribution in [-0.4, -0.2) is 61.8 Å². The molecular formula is C23H28FN5O5. The fourth-order valence-electron chi connectivity index (χ4n) is 4.45. The third kappa shape index (κ3) is 4.79. The van der Waals surface area contributed by atoms with E-state index in [-0.39, 0.29) is 43.0 Å². The molecule has 1 fully saturated rings. The number of ketones is 1. The van der Waals surface area contributed by atoms with Gasteiger partial charge in [0, 0.05) is 44.2 Å². The molecule has 1 aromatic carbocycles. The van der Waals surface area contributed by atoms with Crippen molar-refractivity contribution in [2.75, 3.05) is 13.1 Å². The zero-order chi connectivity index (χ0) is 24.6. The molecule has 0 unspecified atom stereocenters. The van der Waals surface area contributed by atoms with E-state index >= 15 is 0 Å². The van der Waals surface area contributed by atoms with Gasteiger partial charge >= 0.3 is 5.76 Å². The summed E-state index contributed by atoms with van der Waals surface area (Å²) >= 11 is 0. The highest BCUT2D eigenvalue weighted by atomic mass is 19.1. The lowest BCUT2D eigenvalue weighted by molar-refractivity contribution is -0.134. The Morgan fingerprint density at radius 2 is 2.00 bits per heavy atom. The highest BCUT2D eigenvalue weighted by Crippen LogP contribution is 2.27. The molecule has 0 radical (unpaired) electrons. The Bertz CT molecular complexity index is 1190. The van der Waals surface area contributed by atoms with E-state index in [4.69, 9.17) is 4.42 Å². The van der Waals surface area contributed by atoms with Crippen LogP contribution in [0.25, 0.3) is 0 Å². The van der Waals surface area contributed by atoms with Crippen LogP contribution in [-0.2, 0) is 29.7 Å². The van der Waals surface area contributed by atoms with Gasteiger partial charge in [-0.3, -0.25) is 14.4 Å². The van der Waals surface area contributed by atoms with Gasteiger partial charge in [0.25, 0.3) is 5.89 Å². The summed E-state index contributed by atoms with van der Waals surface area (Å²) in [5.74, 6) is -2.28. The molecule has 1 aromatic heterocycles. The van der Waals surface area contributed by atoms with Crippen LogP contribution >= 0.6 is 0 Å². The molecule has 2 amide bonds. The second-order valence-corrected chi connectivity index (χ2v) is 9.45. The predicted octanol–water partition coefficient (Wildman–Crippen LogP) is 0.987. The molecule has 2 aromatic rings. The Morgan fingerprint density at radius 1 is 1.24 bits per heavy atom. The van der Waals surface area contributed by atoms with Crippen LogP contribution in [0.2, 0.25) is 0 Å². The highest BCUT2D eigenvalue weighted by Gasteiger charge is 2.38. The molecule has 1 saturated heterocycles. The topological polar surface area (TPSA) is 118 Å². The van der Waals surface area contributed by atoms with Crippen molar-refractivity contribution in [3.05, 3.63) is 51.6 Å². The summed E-state index contributed by atoms with van der Waals surface area (Å²) in [4.78, 5) is 53.0. The van der Waals surface area contributed by atoms with Crippen molar-refractivity contribution in [2.24, 2.45) is 7.05 Å². The lowest BCUT2D eigenvalue weighted by Crippen LogP contribution is -2.50. The number of carbonyl (C=O) groups excluding carboxylic acids is 3. The van der Waals surface area contributed by atoms with E-state index < -0.39 is 23.1 Å². The van der Waals surface area contributed by atoms with Gasteiger partial charge in [0.15, 0.2) is 0 Å². The summed E-state index contributed by atoms with van der Waals surface area (Å²) in [5.41, 5.74) is 0.653. The van der Waals surface area contributed by atoms with Crippen molar-refractivity contribution in [1.29, 1.82) is 0 Å². The van der Waals surface area contributed by atoms with Gasteiger partial charge in [-0.2, -0.15) is 4.68 Å². The zero-order valence-corrected chi connectivity index (χ0v) is 19.5. The van der Waals surface area contributed by atoms with E-state index in [1.54, 1.807) is 11.0 Å². The number of hydrogen-bond donors (Lipinski definition) is 1. The SMILES string of the molecule is Cn1nc(C(=O)[C@@H]2CCCN2C(=O)CNC(C)(C)CC(=O)N2Cc3cccc(F)c3C2)oc1=O. The normalized spacial score (nSPS) is 17.8. The number of likely N-dealkylation sites (tertiary alicyclic amines) is 1. The molecule has 34 heavy (non-hydrogen) atoms. The number of halogens is 1. The lowest BCUT2D eigenvalue weighted by atomic mass is 9.99. The average Bonchev–Trinajstić information content (AvgIpc) is 3.51. The molecule has 1 N–H and O–H groups in total. The molecule has 182 valence electrons. The fourth-order valence-corrected chi connectivity index (χ4v) is 4.45. The van der Waals surface area contributed by atoms with Crippen LogP contribution in [0.15, 0.2) is 27.4 Å². The average molecular weight is 474 g/mol. The van der Waals surface area contributed by atoms with Crippen LogP contribution in [0.4, 0.5) is 4.39 Å². The number of fused-ring (bicyclic) bond motifs is 1. The lowest BCUT2D eigenvalue weighted by Gasteiger charge is -2.30. The molecule has 0 bridgehead atoms. The first-order valence-corrected chi connectivity index (χ1v) is 11.2. The van der Waals surface area contributed by atoms with Crippen LogP contribution in [0.1, 0.15) is 54.9 Å². The van der Waals surface area contributed by atoms with Gasteiger partial charge in [0.2, 0.25) is 17.6 Å². The van der Waals surface area contributed by atoms with Gasteiger partial charge in [-0.25, -0.2) is 9.18 Å². The predicted molar refractivity (Wildman–Crippen MR) is 118 cm³/mol. The molecule has 0 spiro atoms. The van der Waals surface area contributed by atoms with Crippen LogP contribution in [0, 0.1) is 5.82 Å². The summed E-state index contributed by atoms with van der Waals surface area (Å²) < 4.78 is 19.8. The molecule has 3 heterocycles. The number of amides is 2. The number of carbonyl (C=O) groups is 3. The third-order valence-electron chi connectivity index (χ3n) is 6.37. The van der Waals surface area contributed by atoms with Gasteiger partial charge in [-0.15, -0.1) is 5.10 Å². The molecule has 11 heteroatoms. The van der Waals surface area contributed by atoms with Crippen LogP contribution in [0.3, 0.4) is 0 Å². The minimum Gasteiger partial charge on any atom is -0.384 e. The number of Topliss-reactive ketones (excluding diaryl/α,β-unsaturated/α-hetero) is 1. The Kier molecular flexibility index (Phi) is 6.39. The van der Waals surface area contributed by atoms with Crippen molar-refractivity contribution >= 4 is 17.6 Å². The second kappa shape index (κ2) is 9.13. The molecule has 2 aliphatic rings. The van der Waals surface area contributed by atoms with E-state index in [0.717, 1.165) is 10.2 Å². The van der Waals surface area contributed by atoms with Crippen LogP contribution in [0.5, 0.6) is 0 Å². The fraction of sp³-hybridized carbons (Fsp3) is 0.522. The maximum Gasteiger partial charge on any atom is 0.437 e. The minimum absolute atomic E-state index is 0.0644. The maximum absolute atomic E-state index is 14.0. The van der Waals surface area contributed by atoms with Gasteiger partial charge in [0.05, 0.1) is 6.54 Å². The van der Waals surface area contributed by atoms with Crippen LogP contribution < -0.4 is 11.1 Å².